The molecule has 1 aliphatic heterocycles. The Balaban J connectivity index is 1.59. The van der Waals surface area contributed by atoms with Gasteiger partial charge in [0.1, 0.15) is 17.9 Å². The molecule has 9 heteroatoms. The van der Waals surface area contributed by atoms with Crippen molar-refractivity contribution in [2.45, 2.75) is 18.9 Å². The molecule has 0 bridgehead atoms. The summed E-state index contributed by atoms with van der Waals surface area (Å²) in [5.41, 5.74) is 2.86. The summed E-state index contributed by atoms with van der Waals surface area (Å²) in [6.07, 6.45) is 4.41. The van der Waals surface area contributed by atoms with Crippen LogP contribution in [0, 0.1) is 0 Å². The summed E-state index contributed by atoms with van der Waals surface area (Å²) >= 11 is 0. The maximum atomic E-state index is 12.5. The summed E-state index contributed by atoms with van der Waals surface area (Å²) in [6.45, 7) is 0.972. The van der Waals surface area contributed by atoms with Crippen molar-refractivity contribution in [3.05, 3.63) is 60.9 Å². The number of benzene rings is 2. The number of hydrogen-bond donors (Lipinski definition) is 1. The first-order chi connectivity index (χ1) is 15.4. The molecule has 1 aromatic heterocycles. The van der Waals surface area contributed by atoms with Gasteiger partial charge in [-0.1, -0.05) is 18.2 Å². The Hall–Kier alpha value is -3.17. The normalized spacial score (nSPS) is 16.0. The van der Waals surface area contributed by atoms with E-state index in [0.29, 0.717) is 36.0 Å². The van der Waals surface area contributed by atoms with Crippen LogP contribution in [0.15, 0.2) is 60.9 Å². The van der Waals surface area contributed by atoms with Crippen LogP contribution in [0.1, 0.15) is 12.8 Å². The van der Waals surface area contributed by atoms with Crippen LogP contribution >= 0.6 is 0 Å². The van der Waals surface area contributed by atoms with E-state index in [1.807, 2.05) is 42.5 Å². The zero-order chi connectivity index (χ0) is 22.6. The quantitative estimate of drug-likeness (QED) is 0.553. The minimum Gasteiger partial charge on any atom is -0.496 e. The number of anilines is 3. The second-order valence-corrected chi connectivity index (χ2v) is 9.50. The lowest BCUT2D eigenvalue weighted by Gasteiger charge is -2.25. The van der Waals surface area contributed by atoms with Crippen LogP contribution in [-0.2, 0) is 14.8 Å². The molecule has 168 valence electrons. The largest absolute Gasteiger partial charge is 0.496 e. The highest BCUT2D eigenvalue weighted by Gasteiger charge is 2.25. The van der Waals surface area contributed by atoms with Gasteiger partial charge in [-0.15, -0.1) is 0 Å². The lowest BCUT2D eigenvalue weighted by molar-refractivity contribution is 0.118. The van der Waals surface area contributed by atoms with Crippen molar-refractivity contribution in [1.29, 1.82) is 0 Å². The van der Waals surface area contributed by atoms with Crippen molar-refractivity contribution in [2.75, 3.05) is 36.1 Å². The predicted octanol–water partition coefficient (Wildman–Crippen LogP) is 3.84. The molecule has 8 nitrogen and oxygen atoms in total. The molecule has 1 aliphatic rings. The van der Waals surface area contributed by atoms with Crippen molar-refractivity contribution in [3.63, 3.8) is 0 Å². The Morgan fingerprint density at radius 2 is 2.00 bits per heavy atom. The molecular weight excluding hydrogens is 428 g/mol. The monoisotopic (exact) mass is 454 g/mol. The van der Waals surface area contributed by atoms with E-state index in [-0.39, 0.29) is 6.10 Å². The molecular formula is C23H26N4O4S. The molecule has 3 aromatic rings. The Morgan fingerprint density at radius 3 is 2.75 bits per heavy atom. The fraction of sp³-hybridized carbons (Fsp3) is 0.304. The predicted molar refractivity (Wildman–Crippen MR) is 125 cm³/mol. The summed E-state index contributed by atoms with van der Waals surface area (Å²) in [7, 11) is -1.84. The molecule has 1 saturated heterocycles. The zero-order valence-corrected chi connectivity index (χ0v) is 18.9. The van der Waals surface area contributed by atoms with Crippen LogP contribution in [0.3, 0.4) is 0 Å². The molecule has 1 unspecified atom stereocenters. The standard InChI is InChI=1S/C23H26N4O4S/c1-30-22-11-4-3-10-20(22)21-14-23(25-16-24-21)26-17-7-5-8-18(13-17)27(32(2,28)29)15-19-9-6-12-31-19/h3-5,7-8,10-11,13-14,16,19H,6,9,12,15H2,1-2H3,(H,24,25,26). The van der Waals surface area contributed by atoms with Gasteiger partial charge < -0.3 is 14.8 Å². The Bertz CT molecular complexity index is 1180. The lowest BCUT2D eigenvalue weighted by Crippen LogP contribution is -2.36. The first-order valence-electron chi connectivity index (χ1n) is 10.4. The number of nitrogens with one attached hydrogen (secondary N) is 1. The molecule has 0 amide bonds. The highest BCUT2D eigenvalue weighted by Crippen LogP contribution is 2.30. The van der Waals surface area contributed by atoms with Gasteiger partial charge in [-0.05, 0) is 43.2 Å². The molecule has 1 atom stereocenters. The van der Waals surface area contributed by atoms with Gasteiger partial charge in [-0.25, -0.2) is 18.4 Å². The summed E-state index contributed by atoms with van der Waals surface area (Å²) in [4.78, 5) is 8.67. The third kappa shape index (κ3) is 5.17. The molecule has 1 N–H and O–H groups in total. The molecule has 1 fully saturated rings. The summed E-state index contributed by atoms with van der Waals surface area (Å²) in [5, 5.41) is 3.25. The van der Waals surface area contributed by atoms with Crippen molar-refractivity contribution >= 4 is 27.2 Å². The van der Waals surface area contributed by atoms with Crippen LogP contribution in [0.25, 0.3) is 11.3 Å². The molecule has 4 rings (SSSR count). The number of hydrogen-bond acceptors (Lipinski definition) is 7. The van der Waals surface area contributed by atoms with Gasteiger partial charge in [-0.2, -0.15) is 0 Å². The minimum atomic E-state index is -3.46. The van der Waals surface area contributed by atoms with Gasteiger partial charge in [0.15, 0.2) is 0 Å². The number of ether oxygens (including phenoxy) is 2. The van der Waals surface area contributed by atoms with Crippen molar-refractivity contribution in [3.8, 4) is 17.0 Å². The van der Waals surface area contributed by atoms with Gasteiger partial charge in [0.2, 0.25) is 10.0 Å². The number of rotatable bonds is 8. The van der Waals surface area contributed by atoms with Crippen LogP contribution < -0.4 is 14.4 Å². The molecule has 2 heterocycles. The summed E-state index contributed by atoms with van der Waals surface area (Å²) < 4.78 is 37.4. The number of nitrogens with zero attached hydrogens (tertiary/aromatic N) is 3. The SMILES string of the molecule is COc1ccccc1-c1cc(Nc2cccc(N(CC3CCCO3)S(C)(=O)=O)c2)ncn1. The Morgan fingerprint density at radius 1 is 1.16 bits per heavy atom. The average molecular weight is 455 g/mol. The van der Waals surface area contributed by atoms with Crippen LogP contribution in [-0.4, -0.2) is 51.0 Å². The third-order valence-electron chi connectivity index (χ3n) is 5.25. The fourth-order valence-electron chi connectivity index (χ4n) is 3.72. The molecule has 32 heavy (non-hydrogen) atoms. The molecule has 2 aromatic carbocycles. The van der Waals surface area contributed by atoms with Gasteiger partial charge in [0, 0.05) is 23.9 Å². The summed E-state index contributed by atoms with van der Waals surface area (Å²) in [6, 6.07) is 16.7. The van der Waals surface area contributed by atoms with Gasteiger partial charge in [-0.3, -0.25) is 4.31 Å². The summed E-state index contributed by atoms with van der Waals surface area (Å²) in [5.74, 6) is 1.31. The topological polar surface area (TPSA) is 93.7 Å². The van der Waals surface area contributed by atoms with Crippen LogP contribution in [0.5, 0.6) is 5.75 Å². The maximum Gasteiger partial charge on any atom is 0.232 e. The van der Waals surface area contributed by atoms with Gasteiger partial charge in [0.25, 0.3) is 0 Å². The van der Waals surface area contributed by atoms with E-state index in [2.05, 4.69) is 15.3 Å². The van der Waals surface area contributed by atoms with Gasteiger partial charge in [0.05, 0.1) is 37.4 Å². The molecule has 0 radical (unpaired) electrons. The molecule has 0 saturated carbocycles. The third-order valence-corrected chi connectivity index (χ3v) is 6.41. The number of methoxy groups -OCH3 is 1. The second-order valence-electron chi connectivity index (χ2n) is 7.59. The highest BCUT2D eigenvalue weighted by molar-refractivity contribution is 7.92. The fourth-order valence-corrected chi connectivity index (χ4v) is 4.66. The van der Waals surface area contributed by atoms with E-state index in [9.17, 15) is 8.42 Å². The minimum absolute atomic E-state index is 0.0911. The Kier molecular flexibility index (Phi) is 6.57. The lowest BCUT2D eigenvalue weighted by atomic mass is 10.1. The van der Waals surface area contributed by atoms with Crippen molar-refractivity contribution in [2.24, 2.45) is 0 Å². The number of sulfonamides is 1. The van der Waals surface area contributed by atoms with E-state index >= 15 is 0 Å². The van der Waals surface area contributed by atoms with E-state index in [1.54, 1.807) is 19.2 Å². The molecule has 0 aliphatic carbocycles. The first kappa shape index (κ1) is 22.0. The number of para-hydroxylation sites is 1. The van der Waals surface area contributed by atoms with Crippen molar-refractivity contribution < 1.29 is 17.9 Å². The van der Waals surface area contributed by atoms with Crippen LogP contribution in [0.4, 0.5) is 17.2 Å². The number of aromatic nitrogens is 2. The van der Waals surface area contributed by atoms with E-state index in [4.69, 9.17) is 9.47 Å². The zero-order valence-electron chi connectivity index (χ0n) is 18.1. The smallest absolute Gasteiger partial charge is 0.232 e. The van der Waals surface area contributed by atoms with Gasteiger partial charge >= 0.3 is 0 Å². The average Bonchev–Trinajstić information content (AvgIpc) is 3.30. The molecule has 0 spiro atoms. The van der Waals surface area contributed by atoms with E-state index in [1.165, 1.54) is 16.9 Å². The van der Waals surface area contributed by atoms with Crippen LogP contribution in [0.2, 0.25) is 0 Å². The second kappa shape index (κ2) is 9.54. The first-order valence-corrected chi connectivity index (χ1v) is 12.2. The maximum absolute atomic E-state index is 12.5. The van der Waals surface area contributed by atoms with E-state index < -0.39 is 10.0 Å². The van der Waals surface area contributed by atoms with E-state index in [0.717, 1.165) is 24.2 Å². The Labute approximate surface area is 188 Å². The van der Waals surface area contributed by atoms with Crippen molar-refractivity contribution in [1.82, 2.24) is 9.97 Å². The highest BCUT2D eigenvalue weighted by atomic mass is 32.2.